The van der Waals surface area contributed by atoms with E-state index >= 15 is 0 Å². The lowest BCUT2D eigenvalue weighted by Crippen LogP contribution is -2.17. The zero-order chi connectivity index (χ0) is 22.0. The first-order chi connectivity index (χ1) is 14.9. The average Bonchev–Trinajstić information content (AvgIpc) is 3.13. The van der Waals surface area contributed by atoms with Gasteiger partial charge in [-0.3, -0.25) is 14.0 Å². The number of aryl methyl sites for hydroxylation is 1. The molecule has 0 aliphatic heterocycles. The molecule has 2 aromatic heterocycles. The van der Waals surface area contributed by atoms with Crippen LogP contribution in [0.15, 0.2) is 69.2 Å². The number of nitrogens with zero attached hydrogens (tertiary/aromatic N) is 2. The number of hydrogen-bond acceptors (Lipinski definition) is 6. The number of amides is 1. The van der Waals surface area contributed by atoms with Gasteiger partial charge in [-0.1, -0.05) is 34.1 Å². The lowest BCUT2D eigenvalue weighted by molar-refractivity contribution is 0.0469. The van der Waals surface area contributed by atoms with Crippen LogP contribution >= 0.6 is 27.3 Å². The fourth-order valence-corrected chi connectivity index (χ4v) is 4.28. The van der Waals surface area contributed by atoms with Crippen molar-refractivity contribution in [1.29, 1.82) is 0 Å². The van der Waals surface area contributed by atoms with E-state index in [1.807, 2.05) is 18.4 Å². The summed E-state index contributed by atoms with van der Waals surface area (Å²) in [6, 6.07) is 14.8. The van der Waals surface area contributed by atoms with Gasteiger partial charge in [-0.2, -0.15) is 0 Å². The van der Waals surface area contributed by atoms with Crippen molar-refractivity contribution in [1.82, 2.24) is 9.38 Å². The van der Waals surface area contributed by atoms with Crippen molar-refractivity contribution >= 4 is 49.8 Å². The van der Waals surface area contributed by atoms with Crippen LogP contribution in [0.3, 0.4) is 0 Å². The van der Waals surface area contributed by atoms with E-state index in [2.05, 4.69) is 26.2 Å². The molecule has 0 aliphatic rings. The van der Waals surface area contributed by atoms with Gasteiger partial charge in [-0.05, 0) is 37.3 Å². The average molecular weight is 498 g/mol. The zero-order valence-corrected chi connectivity index (χ0v) is 18.7. The second-order valence-corrected chi connectivity index (χ2v) is 8.42. The second-order valence-electron chi connectivity index (χ2n) is 6.67. The third-order valence-corrected chi connectivity index (χ3v) is 5.90. The summed E-state index contributed by atoms with van der Waals surface area (Å²) in [5, 5.41) is 4.58. The van der Waals surface area contributed by atoms with Crippen LogP contribution in [0.25, 0.3) is 4.96 Å². The molecule has 156 valence electrons. The van der Waals surface area contributed by atoms with Crippen molar-refractivity contribution in [2.75, 3.05) is 5.32 Å². The molecule has 0 saturated heterocycles. The number of hydrogen-bond donors (Lipinski definition) is 1. The topological polar surface area (TPSA) is 89.8 Å². The molecule has 0 bridgehead atoms. The Labute approximate surface area is 189 Å². The minimum Gasteiger partial charge on any atom is -0.456 e. The summed E-state index contributed by atoms with van der Waals surface area (Å²) < 4.78 is 7.64. The highest BCUT2D eigenvalue weighted by atomic mass is 79.9. The van der Waals surface area contributed by atoms with E-state index in [1.165, 1.54) is 21.8 Å². The van der Waals surface area contributed by atoms with E-state index in [1.54, 1.807) is 42.5 Å². The van der Waals surface area contributed by atoms with Crippen molar-refractivity contribution < 1.29 is 14.3 Å². The van der Waals surface area contributed by atoms with Crippen LogP contribution in [0.4, 0.5) is 5.69 Å². The summed E-state index contributed by atoms with van der Waals surface area (Å²) in [6.45, 7) is 1.67. The molecule has 0 radical (unpaired) electrons. The number of ether oxygens (including phenoxy) is 1. The fraction of sp³-hybridized carbons (Fsp3) is 0.0909. The van der Waals surface area contributed by atoms with Crippen LogP contribution in [-0.4, -0.2) is 21.3 Å². The zero-order valence-electron chi connectivity index (χ0n) is 16.3. The first-order valence-corrected chi connectivity index (χ1v) is 10.9. The molecule has 2 aromatic carbocycles. The van der Waals surface area contributed by atoms with Crippen molar-refractivity contribution in [2.45, 2.75) is 13.5 Å². The minimum atomic E-state index is -0.630. The number of carbonyl (C=O) groups is 2. The monoisotopic (exact) mass is 497 g/mol. The highest BCUT2D eigenvalue weighted by molar-refractivity contribution is 9.10. The quantitative estimate of drug-likeness (QED) is 0.411. The standard InChI is InChI=1S/C22H16BrN3O4S/c1-13-12-31-22-24-16(10-19(27)26(13)22)11-30-21(29)17-7-2-3-8-18(17)25-20(28)14-5-4-6-15(23)9-14/h2-10,12H,11H2,1H3,(H,25,28). The lowest BCUT2D eigenvalue weighted by Gasteiger charge is -2.11. The maximum absolute atomic E-state index is 12.7. The molecule has 2 heterocycles. The number of aromatic nitrogens is 2. The molecule has 0 spiro atoms. The molecule has 0 aliphatic carbocycles. The molecule has 0 saturated carbocycles. The van der Waals surface area contributed by atoms with Crippen molar-refractivity contribution in [2.24, 2.45) is 0 Å². The van der Waals surface area contributed by atoms with E-state index in [4.69, 9.17) is 4.74 Å². The van der Waals surface area contributed by atoms with Gasteiger partial charge < -0.3 is 10.1 Å². The van der Waals surface area contributed by atoms with Crippen molar-refractivity contribution in [3.63, 3.8) is 0 Å². The number of fused-ring (bicyclic) bond motifs is 1. The van der Waals surface area contributed by atoms with Gasteiger partial charge >= 0.3 is 5.97 Å². The van der Waals surface area contributed by atoms with Gasteiger partial charge in [0, 0.05) is 27.2 Å². The Morgan fingerprint density at radius 1 is 1.16 bits per heavy atom. The van der Waals surface area contributed by atoms with E-state index in [-0.39, 0.29) is 23.6 Å². The molecule has 9 heteroatoms. The number of para-hydroxylation sites is 1. The van der Waals surface area contributed by atoms with Gasteiger partial charge in [0.2, 0.25) is 0 Å². The largest absolute Gasteiger partial charge is 0.456 e. The number of halogens is 1. The molecule has 1 N–H and O–H groups in total. The Morgan fingerprint density at radius 2 is 1.97 bits per heavy atom. The molecule has 0 atom stereocenters. The summed E-state index contributed by atoms with van der Waals surface area (Å²) in [4.78, 5) is 42.4. The maximum atomic E-state index is 12.7. The van der Waals surface area contributed by atoms with Crippen molar-refractivity contribution in [3.8, 4) is 0 Å². The Hall–Kier alpha value is -3.30. The predicted octanol–water partition coefficient (Wildman–Crippen LogP) is 4.44. The first-order valence-electron chi connectivity index (χ1n) is 9.22. The number of carbonyl (C=O) groups excluding carboxylic acids is 2. The Kier molecular flexibility index (Phi) is 5.97. The van der Waals surface area contributed by atoms with E-state index in [0.29, 0.717) is 21.9 Å². The van der Waals surface area contributed by atoms with Gasteiger partial charge in [0.05, 0.1) is 16.9 Å². The van der Waals surface area contributed by atoms with Crippen LogP contribution in [0.1, 0.15) is 32.1 Å². The normalized spacial score (nSPS) is 10.8. The lowest BCUT2D eigenvalue weighted by atomic mass is 10.1. The fourth-order valence-electron chi connectivity index (χ4n) is 2.99. The smallest absolute Gasteiger partial charge is 0.340 e. The Balaban J connectivity index is 1.50. The highest BCUT2D eigenvalue weighted by Gasteiger charge is 2.16. The summed E-state index contributed by atoms with van der Waals surface area (Å²) in [7, 11) is 0. The van der Waals surface area contributed by atoms with Crippen molar-refractivity contribution in [3.05, 3.63) is 97.3 Å². The van der Waals surface area contributed by atoms with Gasteiger partial charge in [0.1, 0.15) is 6.61 Å². The van der Waals surface area contributed by atoms with E-state index in [9.17, 15) is 14.4 Å². The maximum Gasteiger partial charge on any atom is 0.340 e. The van der Waals surface area contributed by atoms with Crippen LogP contribution in [0, 0.1) is 6.92 Å². The third-order valence-electron chi connectivity index (χ3n) is 4.46. The van der Waals surface area contributed by atoms with Gasteiger partial charge in [0.15, 0.2) is 4.96 Å². The molecule has 0 unspecified atom stereocenters. The number of rotatable bonds is 5. The van der Waals surface area contributed by atoms with Crippen LogP contribution in [0.2, 0.25) is 0 Å². The molecule has 4 rings (SSSR count). The predicted molar refractivity (Wildman–Crippen MR) is 122 cm³/mol. The Morgan fingerprint density at radius 3 is 2.77 bits per heavy atom. The number of esters is 1. The number of benzene rings is 2. The van der Waals surface area contributed by atoms with Crippen LogP contribution in [-0.2, 0) is 11.3 Å². The molecule has 4 aromatic rings. The van der Waals surface area contributed by atoms with Crippen LogP contribution in [0.5, 0.6) is 0 Å². The first kappa shape index (κ1) is 21.0. The number of anilines is 1. The minimum absolute atomic E-state index is 0.157. The SMILES string of the molecule is Cc1csc2nc(COC(=O)c3ccccc3NC(=O)c3cccc(Br)c3)cc(=O)n12. The summed E-state index contributed by atoms with van der Waals surface area (Å²) in [5.74, 6) is -0.982. The molecule has 0 fully saturated rings. The van der Waals surface area contributed by atoms with Gasteiger partial charge in [-0.15, -0.1) is 11.3 Å². The number of thiazole rings is 1. The molecular formula is C22H16BrN3O4S. The molecule has 7 nitrogen and oxygen atoms in total. The Bertz CT molecular complexity index is 1360. The third kappa shape index (κ3) is 4.57. The van der Waals surface area contributed by atoms with Crippen LogP contribution < -0.4 is 10.9 Å². The summed E-state index contributed by atoms with van der Waals surface area (Å²) >= 11 is 4.68. The summed E-state index contributed by atoms with van der Waals surface area (Å²) in [5.41, 5.74) is 1.91. The molecule has 31 heavy (non-hydrogen) atoms. The summed E-state index contributed by atoms with van der Waals surface area (Å²) in [6.07, 6.45) is 0. The van der Waals surface area contributed by atoms with Gasteiger partial charge in [-0.25, -0.2) is 9.78 Å². The molecular weight excluding hydrogens is 482 g/mol. The van der Waals surface area contributed by atoms with E-state index < -0.39 is 5.97 Å². The number of nitrogens with one attached hydrogen (secondary N) is 1. The van der Waals surface area contributed by atoms with Gasteiger partial charge in [0.25, 0.3) is 11.5 Å². The highest BCUT2D eigenvalue weighted by Crippen LogP contribution is 2.19. The second kappa shape index (κ2) is 8.83. The molecule has 1 amide bonds. The van der Waals surface area contributed by atoms with E-state index in [0.717, 1.165) is 10.2 Å².